The molecule has 176 valence electrons. The summed E-state index contributed by atoms with van der Waals surface area (Å²) in [6.07, 6.45) is 0. The maximum Gasteiger partial charge on any atom is 0.336 e. The van der Waals surface area contributed by atoms with Crippen LogP contribution in [0.4, 0.5) is 0 Å². The van der Waals surface area contributed by atoms with Crippen molar-refractivity contribution in [1.82, 2.24) is 10.3 Å². The molecule has 34 heavy (non-hydrogen) atoms. The monoisotopic (exact) mass is 476 g/mol. The molecular formula is C27H28N2O4S. The van der Waals surface area contributed by atoms with Gasteiger partial charge in [-0.25, -0.2) is 9.78 Å². The Kier molecular flexibility index (Phi) is 6.57. The van der Waals surface area contributed by atoms with Gasteiger partial charge in [-0.15, -0.1) is 11.3 Å². The predicted molar refractivity (Wildman–Crippen MR) is 132 cm³/mol. The van der Waals surface area contributed by atoms with Crippen molar-refractivity contribution in [1.29, 1.82) is 0 Å². The standard InChI is InChI=1S/C27H28N2O4S/c1-16-11-9-10-14-20(16)21-15-34-24(29-21)23-22(25(30)32-4)17(2)28-18(3)27(23,26(31)33-5)19-12-7-6-8-13-19/h6-15,18,23,28H,1-5H3. The molecule has 3 aromatic rings. The molecule has 0 fully saturated rings. The third-order valence-corrected chi connectivity index (χ3v) is 7.54. The Labute approximate surface area is 203 Å². The lowest BCUT2D eigenvalue weighted by atomic mass is 9.61. The van der Waals surface area contributed by atoms with Crippen molar-refractivity contribution in [3.8, 4) is 11.3 Å². The normalized spacial score (nSPS) is 22.1. The van der Waals surface area contributed by atoms with E-state index in [2.05, 4.69) is 5.32 Å². The van der Waals surface area contributed by atoms with E-state index in [9.17, 15) is 9.59 Å². The van der Waals surface area contributed by atoms with Gasteiger partial charge in [0.05, 0.1) is 31.4 Å². The summed E-state index contributed by atoms with van der Waals surface area (Å²) in [6.45, 7) is 5.80. The van der Waals surface area contributed by atoms with Crippen LogP contribution < -0.4 is 5.32 Å². The topological polar surface area (TPSA) is 77.5 Å². The second kappa shape index (κ2) is 9.43. The van der Waals surface area contributed by atoms with E-state index in [0.29, 0.717) is 16.3 Å². The molecule has 1 N–H and O–H groups in total. The Morgan fingerprint density at radius 1 is 1.00 bits per heavy atom. The van der Waals surface area contributed by atoms with Crippen LogP contribution in [0.3, 0.4) is 0 Å². The van der Waals surface area contributed by atoms with E-state index in [-0.39, 0.29) is 6.04 Å². The lowest BCUT2D eigenvalue weighted by Gasteiger charge is -2.47. The van der Waals surface area contributed by atoms with E-state index >= 15 is 0 Å². The number of hydrogen-bond donors (Lipinski definition) is 1. The molecule has 2 aromatic carbocycles. The molecule has 0 bridgehead atoms. The molecule has 3 unspecified atom stereocenters. The smallest absolute Gasteiger partial charge is 0.336 e. The third kappa shape index (κ3) is 3.70. The minimum Gasteiger partial charge on any atom is -0.468 e. The van der Waals surface area contributed by atoms with Crippen LogP contribution in [0.1, 0.15) is 35.9 Å². The van der Waals surface area contributed by atoms with Gasteiger partial charge < -0.3 is 14.8 Å². The number of nitrogens with one attached hydrogen (secondary N) is 1. The SMILES string of the molecule is COC(=O)C1=C(C)NC(C)C(C(=O)OC)(c2ccccc2)C1c1nc(-c2ccccc2C)cs1. The number of carbonyl (C=O) groups is 2. The zero-order valence-corrected chi connectivity index (χ0v) is 20.7. The summed E-state index contributed by atoms with van der Waals surface area (Å²) in [4.78, 5) is 31.8. The predicted octanol–water partition coefficient (Wildman–Crippen LogP) is 4.75. The molecule has 6 nitrogen and oxygen atoms in total. The van der Waals surface area contributed by atoms with Gasteiger partial charge >= 0.3 is 11.9 Å². The van der Waals surface area contributed by atoms with Gasteiger partial charge in [-0.3, -0.25) is 4.79 Å². The van der Waals surface area contributed by atoms with Crippen LogP contribution >= 0.6 is 11.3 Å². The fraction of sp³-hybridized carbons (Fsp3) is 0.296. The van der Waals surface area contributed by atoms with Crippen molar-refractivity contribution in [2.24, 2.45) is 0 Å². The highest BCUT2D eigenvalue weighted by Crippen LogP contribution is 2.51. The van der Waals surface area contributed by atoms with Gasteiger partial charge in [-0.05, 0) is 31.9 Å². The number of ether oxygens (including phenoxy) is 2. The molecule has 0 aliphatic carbocycles. The van der Waals surface area contributed by atoms with Gasteiger partial charge in [0.2, 0.25) is 0 Å². The Bertz CT molecular complexity index is 1250. The van der Waals surface area contributed by atoms with Crippen LogP contribution in [0.15, 0.2) is 71.2 Å². The van der Waals surface area contributed by atoms with Crippen molar-refractivity contribution in [2.45, 2.75) is 38.1 Å². The second-order valence-electron chi connectivity index (χ2n) is 8.44. The maximum absolute atomic E-state index is 13.7. The van der Waals surface area contributed by atoms with Crippen molar-refractivity contribution in [3.63, 3.8) is 0 Å². The highest BCUT2D eigenvalue weighted by Gasteiger charge is 2.59. The number of benzene rings is 2. The summed E-state index contributed by atoms with van der Waals surface area (Å²) in [5.74, 6) is -1.64. The van der Waals surface area contributed by atoms with E-state index in [1.807, 2.05) is 80.7 Å². The minimum atomic E-state index is -1.24. The van der Waals surface area contributed by atoms with Gasteiger partial charge in [0.15, 0.2) is 0 Å². The zero-order valence-electron chi connectivity index (χ0n) is 19.9. The fourth-order valence-electron chi connectivity index (χ4n) is 5.03. The lowest BCUT2D eigenvalue weighted by molar-refractivity contribution is -0.150. The summed E-state index contributed by atoms with van der Waals surface area (Å²) in [6, 6.07) is 17.1. The molecule has 2 heterocycles. The quantitative estimate of drug-likeness (QED) is 0.536. The van der Waals surface area contributed by atoms with Crippen LogP contribution in [-0.4, -0.2) is 37.2 Å². The number of aryl methyl sites for hydroxylation is 1. The fourth-order valence-corrected chi connectivity index (χ4v) is 6.03. The molecule has 3 atom stereocenters. The van der Waals surface area contributed by atoms with Crippen LogP contribution in [-0.2, 0) is 24.5 Å². The molecule has 1 aliphatic heterocycles. The molecule has 0 saturated carbocycles. The summed E-state index contributed by atoms with van der Waals surface area (Å²) in [5, 5.41) is 5.98. The van der Waals surface area contributed by atoms with Crippen LogP contribution in [0.2, 0.25) is 0 Å². The molecular weight excluding hydrogens is 448 g/mol. The number of nitrogens with zero attached hydrogens (tertiary/aromatic N) is 1. The number of esters is 2. The Morgan fingerprint density at radius 2 is 1.68 bits per heavy atom. The molecule has 0 spiro atoms. The van der Waals surface area contributed by atoms with E-state index in [4.69, 9.17) is 14.5 Å². The average Bonchev–Trinajstić information content (AvgIpc) is 3.33. The second-order valence-corrected chi connectivity index (χ2v) is 9.33. The number of aromatic nitrogens is 1. The highest BCUT2D eigenvalue weighted by molar-refractivity contribution is 7.10. The van der Waals surface area contributed by atoms with Gasteiger partial charge in [-0.2, -0.15) is 0 Å². The highest BCUT2D eigenvalue weighted by atomic mass is 32.1. The van der Waals surface area contributed by atoms with Gasteiger partial charge in [0.25, 0.3) is 0 Å². The Morgan fingerprint density at radius 3 is 2.32 bits per heavy atom. The molecule has 0 radical (unpaired) electrons. The van der Waals surface area contributed by atoms with Crippen molar-refractivity contribution >= 4 is 23.3 Å². The summed E-state index contributed by atoms with van der Waals surface area (Å²) >= 11 is 1.43. The molecule has 7 heteroatoms. The zero-order chi connectivity index (χ0) is 24.5. The first kappa shape index (κ1) is 23.7. The number of rotatable bonds is 5. The van der Waals surface area contributed by atoms with Crippen LogP contribution in [0.25, 0.3) is 11.3 Å². The van der Waals surface area contributed by atoms with Crippen molar-refractivity contribution in [3.05, 3.63) is 87.4 Å². The minimum absolute atomic E-state index is 0.375. The number of allylic oxidation sites excluding steroid dienone is 1. The molecule has 0 amide bonds. The van der Waals surface area contributed by atoms with E-state index in [1.165, 1.54) is 25.6 Å². The number of thiazole rings is 1. The van der Waals surface area contributed by atoms with E-state index < -0.39 is 23.3 Å². The van der Waals surface area contributed by atoms with E-state index in [0.717, 1.165) is 22.4 Å². The lowest BCUT2D eigenvalue weighted by Crippen LogP contribution is -2.60. The first-order valence-electron chi connectivity index (χ1n) is 11.1. The van der Waals surface area contributed by atoms with Crippen molar-refractivity contribution < 1.29 is 19.1 Å². The number of hydrogen-bond acceptors (Lipinski definition) is 7. The van der Waals surface area contributed by atoms with Gasteiger partial charge in [0.1, 0.15) is 10.4 Å². The van der Waals surface area contributed by atoms with Crippen molar-refractivity contribution in [2.75, 3.05) is 14.2 Å². The van der Waals surface area contributed by atoms with Gasteiger partial charge in [-0.1, -0.05) is 54.6 Å². The van der Waals surface area contributed by atoms with Crippen LogP contribution in [0, 0.1) is 6.92 Å². The summed E-state index contributed by atoms with van der Waals surface area (Å²) < 4.78 is 10.6. The van der Waals surface area contributed by atoms with Crippen LogP contribution in [0.5, 0.6) is 0 Å². The number of methoxy groups -OCH3 is 2. The number of carbonyl (C=O) groups excluding carboxylic acids is 2. The summed E-state index contributed by atoms with van der Waals surface area (Å²) in [5.41, 5.74) is 3.45. The third-order valence-electron chi connectivity index (χ3n) is 6.63. The first-order chi connectivity index (χ1) is 16.4. The molecule has 4 rings (SSSR count). The molecule has 1 aromatic heterocycles. The average molecular weight is 477 g/mol. The van der Waals surface area contributed by atoms with E-state index in [1.54, 1.807) is 0 Å². The largest absolute Gasteiger partial charge is 0.468 e. The van der Waals surface area contributed by atoms with Gasteiger partial charge in [0, 0.05) is 22.7 Å². The molecule has 0 saturated heterocycles. The Balaban J connectivity index is 2.02. The summed E-state index contributed by atoms with van der Waals surface area (Å²) in [7, 11) is 2.72. The first-order valence-corrected chi connectivity index (χ1v) is 11.9. The maximum atomic E-state index is 13.7. The molecule has 1 aliphatic rings. The Hall–Kier alpha value is -3.45.